The molecule has 2 unspecified atom stereocenters. The molecule has 0 radical (unpaired) electrons. The van der Waals surface area contributed by atoms with Gasteiger partial charge in [0.1, 0.15) is 0 Å². The van der Waals surface area contributed by atoms with Crippen LogP contribution in [0.25, 0.3) is 11.1 Å². The number of aliphatic hydroxyl groups excluding tert-OH is 1. The molecule has 0 spiro atoms. The minimum absolute atomic E-state index is 0.341. The van der Waals surface area contributed by atoms with E-state index in [9.17, 15) is 9.90 Å². The smallest absolute Gasteiger partial charge is 0.319 e. The molecule has 0 bridgehead atoms. The summed E-state index contributed by atoms with van der Waals surface area (Å²) in [4.78, 5) is 16.6. The van der Waals surface area contributed by atoms with E-state index < -0.39 is 12.1 Å². The van der Waals surface area contributed by atoms with Crippen LogP contribution in [0.4, 0.5) is 10.5 Å². The Hall–Kier alpha value is -3.18. The maximum atomic E-state index is 12.6. The summed E-state index contributed by atoms with van der Waals surface area (Å²) in [6.07, 6.45) is 3.37. The van der Waals surface area contributed by atoms with Crippen molar-refractivity contribution >= 4 is 11.7 Å². The van der Waals surface area contributed by atoms with Crippen LogP contribution >= 0.6 is 0 Å². The molecule has 5 nitrogen and oxygen atoms in total. The van der Waals surface area contributed by atoms with Gasteiger partial charge in [0.15, 0.2) is 0 Å². The van der Waals surface area contributed by atoms with Crippen molar-refractivity contribution in [3.8, 4) is 11.1 Å². The number of aliphatic hydroxyl groups is 1. The van der Waals surface area contributed by atoms with Crippen molar-refractivity contribution in [2.24, 2.45) is 0 Å². The number of hydrogen-bond donors (Lipinski definition) is 3. The molecule has 4 rings (SSSR count). The van der Waals surface area contributed by atoms with Gasteiger partial charge in [-0.1, -0.05) is 42.5 Å². The normalized spacial score (nSPS) is 18.2. The number of carbonyl (C=O) groups excluding carboxylic acids is 1. The van der Waals surface area contributed by atoms with Crippen LogP contribution in [0.3, 0.4) is 0 Å². The number of fused-ring (bicyclic) bond motifs is 1. The summed E-state index contributed by atoms with van der Waals surface area (Å²) in [6, 6.07) is 18.4. The van der Waals surface area contributed by atoms with E-state index in [0.29, 0.717) is 12.1 Å². The van der Waals surface area contributed by atoms with Crippen LogP contribution < -0.4 is 10.6 Å². The van der Waals surface area contributed by atoms with Crippen LogP contribution in [0.1, 0.15) is 17.2 Å². The van der Waals surface area contributed by atoms with E-state index in [4.69, 9.17) is 0 Å². The average Bonchev–Trinajstić information content (AvgIpc) is 2.98. The van der Waals surface area contributed by atoms with Gasteiger partial charge < -0.3 is 15.7 Å². The van der Waals surface area contributed by atoms with E-state index in [-0.39, 0.29) is 6.03 Å². The fourth-order valence-electron chi connectivity index (χ4n) is 3.42. The minimum Gasteiger partial charge on any atom is -0.390 e. The molecular weight excluding hydrogens is 326 g/mol. The van der Waals surface area contributed by atoms with Gasteiger partial charge in [-0.2, -0.15) is 0 Å². The summed E-state index contributed by atoms with van der Waals surface area (Å²) in [5.41, 5.74) is 4.64. The third-order valence-electron chi connectivity index (χ3n) is 4.66. The van der Waals surface area contributed by atoms with Crippen LogP contribution in [0.15, 0.2) is 73.1 Å². The molecule has 0 saturated heterocycles. The molecule has 2 atom stereocenters. The van der Waals surface area contributed by atoms with Crippen LogP contribution in [0, 0.1) is 0 Å². The van der Waals surface area contributed by atoms with Gasteiger partial charge in [0.05, 0.1) is 17.8 Å². The number of rotatable bonds is 3. The Kier molecular flexibility index (Phi) is 4.37. The lowest BCUT2D eigenvalue weighted by Gasteiger charge is -2.19. The maximum Gasteiger partial charge on any atom is 0.319 e. The third kappa shape index (κ3) is 3.17. The first kappa shape index (κ1) is 16.3. The van der Waals surface area contributed by atoms with E-state index >= 15 is 0 Å². The van der Waals surface area contributed by atoms with Crippen molar-refractivity contribution in [2.75, 3.05) is 5.32 Å². The zero-order chi connectivity index (χ0) is 17.9. The standard InChI is InChI=1S/C21H19N3O2/c25-19-13-15-5-1-2-7-17(15)20(19)24-21(26)23-18-8-4-3-6-16(18)14-9-11-22-12-10-14/h1-12,19-20,25H,13H2,(H2,23,24,26). The van der Waals surface area contributed by atoms with Gasteiger partial charge in [-0.15, -0.1) is 0 Å². The summed E-state index contributed by atoms with van der Waals surface area (Å²) in [7, 11) is 0. The first-order valence-corrected chi connectivity index (χ1v) is 8.55. The Morgan fingerprint density at radius 1 is 1.00 bits per heavy atom. The van der Waals surface area contributed by atoms with Gasteiger partial charge in [0, 0.05) is 24.4 Å². The van der Waals surface area contributed by atoms with Crippen molar-refractivity contribution in [2.45, 2.75) is 18.6 Å². The van der Waals surface area contributed by atoms with Gasteiger partial charge in [0.25, 0.3) is 0 Å². The van der Waals surface area contributed by atoms with Gasteiger partial charge in [-0.25, -0.2) is 4.79 Å². The quantitative estimate of drug-likeness (QED) is 0.680. The van der Waals surface area contributed by atoms with Gasteiger partial charge >= 0.3 is 6.03 Å². The number of aromatic nitrogens is 1. The molecule has 0 fully saturated rings. The largest absolute Gasteiger partial charge is 0.390 e. The Morgan fingerprint density at radius 3 is 2.58 bits per heavy atom. The summed E-state index contributed by atoms with van der Waals surface area (Å²) < 4.78 is 0. The number of anilines is 1. The predicted octanol–water partition coefficient (Wildman–Crippen LogP) is 3.53. The van der Waals surface area contributed by atoms with Crippen LogP contribution in [-0.4, -0.2) is 22.2 Å². The van der Waals surface area contributed by atoms with Crippen LogP contribution in [0.5, 0.6) is 0 Å². The molecule has 3 aromatic rings. The van der Waals surface area contributed by atoms with E-state index in [1.165, 1.54) is 0 Å². The summed E-state index contributed by atoms with van der Waals surface area (Å²) in [5, 5.41) is 16.1. The number of benzene rings is 2. The third-order valence-corrected chi connectivity index (χ3v) is 4.66. The molecule has 2 amide bonds. The molecular formula is C21H19N3O2. The lowest BCUT2D eigenvalue weighted by Crippen LogP contribution is -2.36. The highest BCUT2D eigenvalue weighted by atomic mass is 16.3. The monoisotopic (exact) mass is 345 g/mol. The zero-order valence-electron chi connectivity index (χ0n) is 14.1. The maximum absolute atomic E-state index is 12.6. The fraction of sp³-hybridized carbons (Fsp3) is 0.143. The van der Waals surface area contributed by atoms with Crippen LogP contribution in [0.2, 0.25) is 0 Å². The van der Waals surface area contributed by atoms with Gasteiger partial charge in [-0.05, 0) is 34.9 Å². The number of nitrogens with one attached hydrogen (secondary N) is 2. The lowest BCUT2D eigenvalue weighted by atomic mass is 10.1. The Labute approximate surface area is 151 Å². The molecule has 26 heavy (non-hydrogen) atoms. The topological polar surface area (TPSA) is 74.2 Å². The molecule has 130 valence electrons. The Balaban J connectivity index is 1.53. The number of hydrogen-bond acceptors (Lipinski definition) is 3. The van der Waals surface area contributed by atoms with Gasteiger partial charge in [-0.3, -0.25) is 4.98 Å². The second-order valence-electron chi connectivity index (χ2n) is 6.33. The molecule has 1 aromatic heterocycles. The summed E-state index contributed by atoms with van der Waals surface area (Å²) in [5.74, 6) is 0. The number of amides is 2. The van der Waals surface area contributed by atoms with Crippen molar-refractivity contribution in [1.82, 2.24) is 10.3 Å². The van der Waals surface area contributed by atoms with Crippen molar-refractivity contribution in [1.29, 1.82) is 0 Å². The van der Waals surface area contributed by atoms with E-state index in [2.05, 4.69) is 15.6 Å². The predicted molar refractivity (Wildman–Crippen MR) is 101 cm³/mol. The lowest BCUT2D eigenvalue weighted by molar-refractivity contribution is 0.144. The van der Waals surface area contributed by atoms with E-state index in [1.807, 2.05) is 60.7 Å². The van der Waals surface area contributed by atoms with Crippen molar-refractivity contribution in [3.63, 3.8) is 0 Å². The SMILES string of the molecule is O=C(Nc1ccccc1-c1ccncc1)NC1c2ccccc2CC1O. The second kappa shape index (κ2) is 6.98. The first-order chi connectivity index (χ1) is 12.7. The highest BCUT2D eigenvalue weighted by molar-refractivity contribution is 5.94. The molecule has 1 aliphatic carbocycles. The first-order valence-electron chi connectivity index (χ1n) is 8.55. The van der Waals surface area contributed by atoms with Crippen molar-refractivity contribution < 1.29 is 9.90 Å². The van der Waals surface area contributed by atoms with E-state index in [1.54, 1.807) is 12.4 Å². The highest BCUT2D eigenvalue weighted by Crippen LogP contribution is 2.32. The average molecular weight is 345 g/mol. The molecule has 0 aliphatic heterocycles. The highest BCUT2D eigenvalue weighted by Gasteiger charge is 2.31. The number of pyridine rings is 1. The minimum atomic E-state index is -0.617. The van der Waals surface area contributed by atoms with Crippen LogP contribution in [-0.2, 0) is 6.42 Å². The fourth-order valence-corrected chi connectivity index (χ4v) is 3.42. The Morgan fingerprint density at radius 2 is 1.73 bits per heavy atom. The summed E-state index contributed by atoms with van der Waals surface area (Å²) >= 11 is 0. The van der Waals surface area contributed by atoms with E-state index in [0.717, 1.165) is 22.3 Å². The Bertz CT molecular complexity index is 927. The van der Waals surface area contributed by atoms with Crippen molar-refractivity contribution in [3.05, 3.63) is 84.2 Å². The molecule has 5 heteroatoms. The molecule has 2 aromatic carbocycles. The zero-order valence-corrected chi connectivity index (χ0v) is 14.1. The molecule has 1 aliphatic rings. The number of nitrogens with zero attached hydrogens (tertiary/aromatic N) is 1. The number of carbonyl (C=O) groups is 1. The molecule has 0 saturated carbocycles. The number of para-hydroxylation sites is 1. The molecule has 3 N–H and O–H groups in total. The molecule has 1 heterocycles. The second-order valence-corrected chi connectivity index (χ2v) is 6.33. The summed E-state index contributed by atoms with van der Waals surface area (Å²) in [6.45, 7) is 0. The number of urea groups is 1. The van der Waals surface area contributed by atoms with Gasteiger partial charge in [0.2, 0.25) is 0 Å².